The number of urea groups is 1. The lowest BCUT2D eigenvalue weighted by Gasteiger charge is -2.24. The van der Waals surface area contributed by atoms with Gasteiger partial charge < -0.3 is 16.0 Å². The Bertz CT molecular complexity index is 841. The van der Waals surface area contributed by atoms with Gasteiger partial charge in [0, 0.05) is 6.54 Å². The van der Waals surface area contributed by atoms with E-state index in [0.717, 1.165) is 11.6 Å². The van der Waals surface area contributed by atoms with Crippen molar-refractivity contribution in [2.24, 2.45) is 5.92 Å². The summed E-state index contributed by atoms with van der Waals surface area (Å²) in [5, 5.41) is 7.52. The van der Waals surface area contributed by atoms with E-state index in [2.05, 4.69) is 16.0 Å². The molecular weight excluding hydrogens is 395 g/mol. The zero-order chi connectivity index (χ0) is 22.1. The van der Waals surface area contributed by atoms with E-state index in [1.54, 1.807) is 6.92 Å². The average molecular weight is 421 g/mol. The van der Waals surface area contributed by atoms with Gasteiger partial charge in [0.05, 0.1) is 11.3 Å². The van der Waals surface area contributed by atoms with E-state index >= 15 is 0 Å². The third kappa shape index (κ3) is 6.79. The van der Waals surface area contributed by atoms with Crippen LogP contribution < -0.4 is 16.0 Å². The summed E-state index contributed by atoms with van der Waals surface area (Å²) >= 11 is 0. The van der Waals surface area contributed by atoms with Crippen molar-refractivity contribution >= 4 is 17.6 Å². The van der Waals surface area contributed by atoms with Gasteiger partial charge in [-0.1, -0.05) is 62.7 Å². The second-order valence-electron chi connectivity index (χ2n) is 7.03. The molecule has 0 bridgehead atoms. The second-order valence-corrected chi connectivity index (χ2v) is 7.03. The molecule has 2 unspecified atom stereocenters. The van der Waals surface area contributed by atoms with Crippen LogP contribution in [0.5, 0.6) is 0 Å². The predicted octanol–water partition coefficient (Wildman–Crippen LogP) is 4.60. The fourth-order valence-corrected chi connectivity index (χ4v) is 2.93. The third-order valence-corrected chi connectivity index (χ3v) is 4.82. The van der Waals surface area contributed by atoms with Crippen LogP contribution in [0, 0.1) is 5.92 Å². The number of hydrogen-bond donors (Lipinski definition) is 3. The standard InChI is InChI=1S/C22H26F3N3O2/c1-3-15(2)19(20(29)26-14-13-16-9-5-4-6-10-16)28-21(30)27-18-12-8-7-11-17(18)22(23,24)25/h4-12,15,19H,3,13-14H2,1-2H3,(H,26,29)(H2,27,28,30). The van der Waals surface area contributed by atoms with Crippen LogP contribution in [-0.2, 0) is 17.4 Å². The molecule has 162 valence electrons. The highest BCUT2D eigenvalue weighted by molar-refractivity contribution is 5.94. The minimum Gasteiger partial charge on any atom is -0.354 e. The van der Waals surface area contributed by atoms with Crippen LogP contribution in [-0.4, -0.2) is 24.5 Å². The molecule has 0 aliphatic heterocycles. The van der Waals surface area contributed by atoms with Crippen molar-refractivity contribution in [3.8, 4) is 0 Å². The van der Waals surface area contributed by atoms with Gasteiger partial charge in [0.15, 0.2) is 0 Å². The summed E-state index contributed by atoms with van der Waals surface area (Å²) in [5.41, 5.74) is -0.255. The molecule has 0 aliphatic carbocycles. The van der Waals surface area contributed by atoms with E-state index < -0.39 is 23.8 Å². The normalized spacial score (nSPS) is 13.2. The largest absolute Gasteiger partial charge is 0.418 e. The molecule has 3 amide bonds. The molecule has 2 aromatic rings. The number of halogens is 3. The highest BCUT2D eigenvalue weighted by Crippen LogP contribution is 2.34. The van der Waals surface area contributed by atoms with E-state index in [1.165, 1.54) is 18.2 Å². The van der Waals surface area contributed by atoms with Gasteiger partial charge >= 0.3 is 12.2 Å². The van der Waals surface area contributed by atoms with Crippen molar-refractivity contribution in [3.63, 3.8) is 0 Å². The van der Waals surface area contributed by atoms with Gasteiger partial charge in [-0.3, -0.25) is 4.79 Å². The minimum absolute atomic E-state index is 0.203. The molecule has 0 aromatic heterocycles. The molecule has 2 aromatic carbocycles. The first-order valence-electron chi connectivity index (χ1n) is 9.77. The number of alkyl halides is 3. The molecule has 5 nitrogen and oxygen atoms in total. The van der Waals surface area contributed by atoms with Crippen LogP contribution in [0.4, 0.5) is 23.7 Å². The summed E-state index contributed by atoms with van der Waals surface area (Å²) in [6.07, 6.45) is -3.37. The molecular formula is C22H26F3N3O2. The highest BCUT2D eigenvalue weighted by Gasteiger charge is 2.34. The molecule has 0 spiro atoms. The van der Waals surface area contributed by atoms with Gasteiger partial charge in [0.2, 0.25) is 5.91 Å². The summed E-state index contributed by atoms with van der Waals surface area (Å²) in [5.74, 6) is -0.579. The number of amides is 3. The monoisotopic (exact) mass is 421 g/mol. The number of rotatable bonds is 8. The van der Waals surface area contributed by atoms with Crippen molar-refractivity contribution < 1.29 is 22.8 Å². The molecule has 8 heteroatoms. The smallest absolute Gasteiger partial charge is 0.354 e. The Hall–Kier alpha value is -3.03. The number of hydrogen-bond acceptors (Lipinski definition) is 2. The van der Waals surface area contributed by atoms with E-state index in [4.69, 9.17) is 0 Å². The number of benzene rings is 2. The second kappa shape index (κ2) is 10.7. The van der Waals surface area contributed by atoms with E-state index in [1.807, 2.05) is 37.3 Å². The minimum atomic E-state index is -4.60. The zero-order valence-corrected chi connectivity index (χ0v) is 16.9. The maximum absolute atomic E-state index is 13.1. The summed E-state index contributed by atoms with van der Waals surface area (Å²) in [4.78, 5) is 25.0. The fraction of sp³-hybridized carbons (Fsp3) is 0.364. The Balaban J connectivity index is 2.00. The lowest BCUT2D eigenvalue weighted by atomic mass is 9.98. The van der Waals surface area contributed by atoms with Gasteiger partial charge in [-0.2, -0.15) is 13.2 Å². The third-order valence-electron chi connectivity index (χ3n) is 4.82. The van der Waals surface area contributed by atoms with E-state index in [-0.39, 0.29) is 17.5 Å². The van der Waals surface area contributed by atoms with Crippen LogP contribution in [0.15, 0.2) is 54.6 Å². The Morgan fingerprint density at radius 3 is 2.27 bits per heavy atom. The maximum Gasteiger partial charge on any atom is 0.418 e. The van der Waals surface area contributed by atoms with Gasteiger partial charge in [-0.15, -0.1) is 0 Å². The SMILES string of the molecule is CCC(C)C(NC(=O)Nc1ccccc1C(F)(F)F)C(=O)NCCc1ccccc1. The first-order chi connectivity index (χ1) is 14.2. The summed E-state index contributed by atoms with van der Waals surface area (Å²) < 4.78 is 39.3. The van der Waals surface area contributed by atoms with Crippen LogP contribution in [0.3, 0.4) is 0 Å². The lowest BCUT2D eigenvalue weighted by Crippen LogP contribution is -2.51. The summed E-state index contributed by atoms with van der Waals surface area (Å²) in [6.45, 7) is 4.05. The molecule has 2 atom stereocenters. The maximum atomic E-state index is 13.1. The van der Waals surface area contributed by atoms with Crippen LogP contribution in [0.25, 0.3) is 0 Å². The first-order valence-corrected chi connectivity index (χ1v) is 9.77. The molecule has 2 rings (SSSR count). The molecule has 3 N–H and O–H groups in total. The van der Waals surface area contributed by atoms with Crippen molar-refractivity contribution in [3.05, 3.63) is 65.7 Å². The summed E-state index contributed by atoms with van der Waals surface area (Å²) in [6, 6.07) is 12.6. The van der Waals surface area contributed by atoms with Crippen molar-refractivity contribution in [1.82, 2.24) is 10.6 Å². The molecule has 0 saturated carbocycles. The van der Waals surface area contributed by atoms with E-state index in [0.29, 0.717) is 19.4 Å². The Morgan fingerprint density at radius 1 is 1.00 bits per heavy atom. The highest BCUT2D eigenvalue weighted by atomic mass is 19.4. The molecule has 0 radical (unpaired) electrons. The number of para-hydroxylation sites is 1. The van der Waals surface area contributed by atoms with Gasteiger partial charge in [-0.25, -0.2) is 4.79 Å². The van der Waals surface area contributed by atoms with Crippen molar-refractivity contribution in [1.29, 1.82) is 0 Å². The average Bonchev–Trinajstić information content (AvgIpc) is 2.71. The van der Waals surface area contributed by atoms with E-state index in [9.17, 15) is 22.8 Å². The quantitative estimate of drug-likeness (QED) is 0.583. The Kier molecular flexibility index (Phi) is 8.26. The number of nitrogens with one attached hydrogen (secondary N) is 3. The van der Waals surface area contributed by atoms with Gasteiger partial charge in [-0.05, 0) is 30.0 Å². The van der Waals surface area contributed by atoms with Crippen molar-refractivity contribution in [2.45, 2.75) is 38.9 Å². The first kappa shape index (κ1) is 23.3. The Morgan fingerprint density at radius 2 is 1.63 bits per heavy atom. The van der Waals surface area contributed by atoms with Crippen LogP contribution >= 0.6 is 0 Å². The topological polar surface area (TPSA) is 70.2 Å². The lowest BCUT2D eigenvalue weighted by molar-refractivity contribution is -0.137. The van der Waals surface area contributed by atoms with Gasteiger partial charge in [0.1, 0.15) is 6.04 Å². The van der Waals surface area contributed by atoms with Crippen molar-refractivity contribution in [2.75, 3.05) is 11.9 Å². The fourth-order valence-electron chi connectivity index (χ4n) is 2.93. The molecule has 0 aliphatic rings. The molecule has 30 heavy (non-hydrogen) atoms. The Labute approximate surface area is 174 Å². The number of anilines is 1. The van der Waals surface area contributed by atoms with Crippen LogP contribution in [0.1, 0.15) is 31.4 Å². The molecule has 0 saturated heterocycles. The number of carbonyl (C=O) groups excluding carboxylic acids is 2. The number of carbonyl (C=O) groups is 2. The molecule has 0 fully saturated rings. The van der Waals surface area contributed by atoms with Gasteiger partial charge in [0.25, 0.3) is 0 Å². The summed E-state index contributed by atoms with van der Waals surface area (Å²) in [7, 11) is 0. The predicted molar refractivity (Wildman–Crippen MR) is 110 cm³/mol. The van der Waals surface area contributed by atoms with Crippen LogP contribution in [0.2, 0.25) is 0 Å². The molecule has 0 heterocycles. The zero-order valence-electron chi connectivity index (χ0n) is 16.9.